The predicted octanol–water partition coefficient (Wildman–Crippen LogP) is 0.815. The van der Waals surface area contributed by atoms with Gasteiger partial charge in [0, 0.05) is 25.7 Å². The Balaban J connectivity index is 1.82. The van der Waals surface area contributed by atoms with Gasteiger partial charge in [-0.1, -0.05) is 0 Å². The average molecular weight is 296 g/mol. The fraction of sp³-hybridized carbons (Fsp3) is 0.643. The van der Waals surface area contributed by atoms with Crippen LogP contribution in [-0.4, -0.2) is 63.5 Å². The normalized spacial score (nSPS) is 15.7. The van der Waals surface area contributed by atoms with Gasteiger partial charge in [-0.3, -0.25) is 4.90 Å². The number of nitrogen functional groups attached to an aromatic ring is 1. The van der Waals surface area contributed by atoms with E-state index in [-0.39, 0.29) is 0 Å². The van der Waals surface area contributed by atoms with Crippen LogP contribution in [0.15, 0.2) is 6.07 Å². The predicted molar refractivity (Wildman–Crippen MR) is 82.1 cm³/mol. The highest BCUT2D eigenvalue weighted by atomic mass is 16.5. The van der Waals surface area contributed by atoms with E-state index in [1.165, 1.54) is 0 Å². The molecule has 1 aromatic heterocycles. The summed E-state index contributed by atoms with van der Waals surface area (Å²) in [6.45, 7) is 5.59. The van der Waals surface area contributed by atoms with E-state index in [4.69, 9.17) is 19.9 Å². The Kier molecular flexibility index (Phi) is 5.89. The van der Waals surface area contributed by atoms with Gasteiger partial charge in [0.25, 0.3) is 0 Å². The van der Waals surface area contributed by atoms with Gasteiger partial charge >= 0.3 is 0 Å². The zero-order valence-corrected chi connectivity index (χ0v) is 12.7. The molecule has 0 radical (unpaired) electrons. The van der Waals surface area contributed by atoms with E-state index in [0.29, 0.717) is 23.1 Å². The lowest BCUT2D eigenvalue weighted by molar-refractivity contribution is 0.0378. The van der Waals surface area contributed by atoms with E-state index >= 15 is 0 Å². The molecule has 0 saturated carbocycles. The molecule has 1 saturated heterocycles. The lowest BCUT2D eigenvalue weighted by Crippen LogP contribution is -2.37. The SMILES string of the molecule is COc1cc(NCCCN2CCOCC2)nc(OC)c1N. The molecule has 2 rings (SSSR count). The Hall–Kier alpha value is -1.73. The van der Waals surface area contributed by atoms with E-state index in [9.17, 15) is 0 Å². The fourth-order valence-electron chi connectivity index (χ4n) is 2.27. The van der Waals surface area contributed by atoms with Crippen LogP contribution in [0.4, 0.5) is 11.5 Å². The number of nitrogens with zero attached hydrogens (tertiary/aromatic N) is 2. The van der Waals surface area contributed by atoms with Gasteiger partial charge in [0.2, 0.25) is 5.88 Å². The molecule has 0 bridgehead atoms. The number of ether oxygens (including phenoxy) is 3. The summed E-state index contributed by atoms with van der Waals surface area (Å²) in [5.74, 6) is 1.66. The van der Waals surface area contributed by atoms with Crippen LogP contribution in [0.3, 0.4) is 0 Å². The number of pyridine rings is 1. The number of aromatic nitrogens is 1. The molecule has 0 atom stereocenters. The molecule has 0 spiro atoms. The first kappa shape index (κ1) is 15.7. The van der Waals surface area contributed by atoms with Crippen molar-refractivity contribution in [2.24, 2.45) is 0 Å². The summed E-state index contributed by atoms with van der Waals surface area (Å²) >= 11 is 0. The molecule has 0 amide bonds. The summed E-state index contributed by atoms with van der Waals surface area (Å²) in [5, 5.41) is 3.28. The van der Waals surface area contributed by atoms with Crippen LogP contribution < -0.4 is 20.5 Å². The van der Waals surface area contributed by atoms with Crippen molar-refractivity contribution in [2.45, 2.75) is 6.42 Å². The fourth-order valence-corrected chi connectivity index (χ4v) is 2.27. The number of morpholine rings is 1. The maximum Gasteiger partial charge on any atom is 0.242 e. The van der Waals surface area contributed by atoms with E-state index in [2.05, 4.69) is 15.2 Å². The molecular formula is C14H24N4O3. The molecular weight excluding hydrogens is 272 g/mol. The van der Waals surface area contributed by atoms with Gasteiger partial charge < -0.3 is 25.3 Å². The molecule has 7 heteroatoms. The maximum absolute atomic E-state index is 5.87. The third kappa shape index (κ3) is 4.37. The highest BCUT2D eigenvalue weighted by Gasteiger charge is 2.12. The summed E-state index contributed by atoms with van der Waals surface area (Å²) < 4.78 is 15.7. The van der Waals surface area contributed by atoms with Crippen molar-refractivity contribution in [1.29, 1.82) is 0 Å². The van der Waals surface area contributed by atoms with Crippen molar-refractivity contribution in [1.82, 2.24) is 9.88 Å². The van der Waals surface area contributed by atoms with E-state index < -0.39 is 0 Å². The summed E-state index contributed by atoms with van der Waals surface area (Å²) in [6, 6.07) is 1.78. The highest BCUT2D eigenvalue weighted by Crippen LogP contribution is 2.31. The Bertz CT molecular complexity index is 425. The van der Waals surface area contributed by atoms with Crippen molar-refractivity contribution in [3.63, 3.8) is 0 Å². The Morgan fingerprint density at radius 1 is 1.33 bits per heavy atom. The van der Waals surface area contributed by atoms with Crippen LogP contribution in [-0.2, 0) is 4.74 Å². The third-order valence-corrected chi connectivity index (χ3v) is 3.46. The molecule has 21 heavy (non-hydrogen) atoms. The Morgan fingerprint density at radius 3 is 2.76 bits per heavy atom. The minimum absolute atomic E-state index is 0.380. The average Bonchev–Trinajstić information content (AvgIpc) is 2.53. The smallest absolute Gasteiger partial charge is 0.242 e. The van der Waals surface area contributed by atoms with Crippen LogP contribution in [0, 0.1) is 0 Å². The first-order chi connectivity index (χ1) is 10.2. The number of hydrogen-bond acceptors (Lipinski definition) is 7. The van der Waals surface area contributed by atoms with Crippen LogP contribution in [0.5, 0.6) is 11.6 Å². The molecule has 0 aromatic carbocycles. The lowest BCUT2D eigenvalue weighted by atomic mass is 10.3. The third-order valence-electron chi connectivity index (χ3n) is 3.46. The van der Waals surface area contributed by atoms with Gasteiger partial charge in [0.05, 0.1) is 27.4 Å². The Morgan fingerprint density at radius 2 is 2.10 bits per heavy atom. The van der Waals surface area contributed by atoms with Crippen molar-refractivity contribution < 1.29 is 14.2 Å². The molecule has 7 nitrogen and oxygen atoms in total. The van der Waals surface area contributed by atoms with Gasteiger partial charge in [-0.15, -0.1) is 0 Å². The molecule has 118 valence electrons. The van der Waals surface area contributed by atoms with Crippen molar-refractivity contribution in [2.75, 3.05) is 64.7 Å². The lowest BCUT2D eigenvalue weighted by Gasteiger charge is -2.26. The van der Waals surface area contributed by atoms with Crippen LogP contribution in [0.1, 0.15) is 6.42 Å². The molecule has 3 N–H and O–H groups in total. The number of nitrogens with one attached hydrogen (secondary N) is 1. The molecule has 1 fully saturated rings. The minimum atomic E-state index is 0.380. The second-order valence-corrected chi connectivity index (χ2v) is 4.87. The number of hydrogen-bond donors (Lipinski definition) is 2. The topological polar surface area (TPSA) is 81.9 Å². The van der Waals surface area contributed by atoms with Crippen LogP contribution in [0.25, 0.3) is 0 Å². The first-order valence-corrected chi connectivity index (χ1v) is 7.17. The summed E-state index contributed by atoms with van der Waals surface area (Å²) in [5.41, 5.74) is 6.28. The minimum Gasteiger partial charge on any atom is -0.494 e. The van der Waals surface area contributed by atoms with Gasteiger partial charge in [0.1, 0.15) is 11.5 Å². The second-order valence-electron chi connectivity index (χ2n) is 4.87. The van der Waals surface area contributed by atoms with Gasteiger partial charge in [0.15, 0.2) is 5.75 Å². The molecule has 2 heterocycles. The van der Waals surface area contributed by atoms with Crippen molar-refractivity contribution in [3.8, 4) is 11.6 Å². The number of nitrogens with two attached hydrogens (primary N) is 1. The standard InChI is InChI=1S/C14H24N4O3/c1-19-11-10-12(17-14(20-2)13(11)15)16-4-3-5-18-6-8-21-9-7-18/h10H,3-9,15H2,1-2H3,(H,16,17). The molecule has 1 aliphatic heterocycles. The largest absolute Gasteiger partial charge is 0.494 e. The maximum atomic E-state index is 5.87. The van der Waals surface area contributed by atoms with Crippen molar-refractivity contribution in [3.05, 3.63) is 6.07 Å². The zero-order chi connectivity index (χ0) is 15.1. The summed E-state index contributed by atoms with van der Waals surface area (Å²) in [6.07, 6.45) is 1.04. The highest BCUT2D eigenvalue weighted by molar-refractivity contribution is 5.64. The quantitative estimate of drug-likeness (QED) is 0.721. The van der Waals surface area contributed by atoms with E-state index in [0.717, 1.165) is 45.8 Å². The summed E-state index contributed by atoms with van der Waals surface area (Å²) in [7, 11) is 3.12. The van der Waals surface area contributed by atoms with Crippen LogP contribution >= 0.6 is 0 Å². The van der Waals surface area contributed by atoms with Crippen LogP contribution in [0.2, 0.25) is 0 Å². The van der Waals surface area contributed by atoms with Crippen molar-refractivity contribution >= 4 is 11.5 Å². The first-order valence-electron chi connectivity index (χ1n) is 7.17. The Labute approximate surface area is 125 Å². The van der Waals surface area contributed by atoms with Gasteiger partial charge in [-0.05, 0) is 13.0 Å². The van der Waals surface area contributed by atoms with Gasteiger partial charge in [-0.2, -0.15) is 4.98 Å². The number of rotatable bonds is 7. The monoisotopic (exact) mass is 296 g/mol. The zero-order valence-electron chi connectivity index (χ0n) is 12.7. The molecule has 1 aromatic rings. The van der Waals surface area contributed by atoms with E-state index in [1.54, 1.807) is 20.3 Å². The van der Waals surface area contributed by atoms with E-state index in [1.807, 2.05) is 0 Å². The number of anilines is 2. The molecule has 0 unspecified atom stereocenters. The second kappa shape index (κ2) is 7.90. The number of methoxy groups -OCH3 is 2. The van der Waals surface area contributed by atoms with Gasteiger partial charge in [-0.25, -0.2) is 0 Å². The summed E-state index contributed by atoms with van der Waals surface area (Å²) in [4.78, 5) is 6.72. The molecule has 1 aliphatic rings. The molecule has 0 aliphatic carbocycles.